The number of thiophene rings is 1. The molecule has 5 nitrogen and oxygen atoms in total. The monoisotopic (exact) mass is 450 g/mol. The summed E-state index contributed by atoms with van der Waals surface area (Å²) in [6, 6.07) is 3.49. The Labute approximate surface area is 172 Å². The lowest BCUT2D eigenvalue weighted by atomic mass is 10.1. The fraction of sp³-hybridized carbons (Fsp3) is 0.188. The highest BCUT2D eigenvalue weighted by Gasteiger charge is 2.42. The summed E-state index contributed by atoms with van der Waals surface area (Å²) < 4.78 is 0. The average molecular weight is 452 g/mol. The maximum atomic E-state index is 12.6. The minimum absolute atomic E-state index is 0.115. The molecule has 0 fully saturated rings. The third-order valence-corrected chi connectivity index (χ3v) is 6.69. The molecule has 1 atom stereocenters. The second-order valence-corrected chi connectivity index (χ2v) is 8.00. The van der Waals surface area contributed by atoms with Gasteiger partial charge in [0.25, 0.3) is 11.8 Å². The minimum Gasteiger partial charge on any atom is -0.347 e. The van der Waals surface area contributed by atoms with Crippen molar-refractivity contribution in [3.63, 3.8) is 0 Å². The molecule has 0 saturated heterocycles. The van der Waals surface area contributed by atoms with Crippen LogP contribution in [-0.4, -0.2) is 29.2 Å². The van der Waals surface area contributed by atoms with Crippen molar-refractivity contribution in [3.8, 4) is 0 Å². The van der Waals surface area contributed by atoms with E-state index in [9.17, 15) is 14.4 Å². The summed E-state index contributed by atoms with van der Waals surface area (Å²) in [5.74, 6) is -1.98. The van der Waals surface area contributed by atoms with Crippen molar-refractivity contribution in [2.75, 3.05) is 6.54 Å². The van der Waals surface area contributed by atoms with Gasteiger partial charge >= 0.3 is 0 Å². The van der Waals surface area contributed by atoms with Crippen molar-refractivity contribution < 1.29 is 14.4 Å². The summed E-state index contributed by atoms with van der Waals surface area (Å²) in [7, 11) is 0. The highest BCUT2D eigenvalue weighted by atomic mass is 35.5. The van der Waals surface area contributed by atoms with Crippen molar-refractivity contribution in [3.05, 3.63) is 53.6 Å². The third kappa shape index (κ3) is 3.21. The van der Waals surface area contributed by atoms with Gasteiger partial charge in [0.1, 0.15) is 6.54 Å². The summed E-state index contributed by atoms with van der Waals surface area (Å²) in [6.45, 7) is 1.34. The molecule has 1 aromatic carbocycles. The first-order chi connectivity index (χ1) is 12.2. The van der Waals surface area contributed by atoms with Crippen LogP contribution in [0.25, 0.3) is 0 Å². The standard InChI is InChI=1S/C16H10Cl4N2O3S/c1-6(7-3-2-4-26-7)21-8(23)5-22-15(24)9-10(16(22)25)12(18)14(20)13(19)11(9)17/h2-4,6H,5H2,1H3,(H,21,23). The average Bonchev–Trinajstić information content (AvgIpc) is 3.21. The van der Waals surface area contributed by atoms with E-state index in [1.54, 1.807) is 6.92 Å². The zero-order chi connectivity index (χ0) is 19.2. The molecule has 0 bridgehead atoms. The van der Waals surface area contributed by atoms with Gasteiger partial charge in [0.15, 0.2) is 0 Å². The Morgan fingerprint density at radius 3 is 2.08 bits per heavy atom. The number of halogens is 4. The molecule has 26 heavy (non-hydrogen) atoms. The van der Waals surface area contributed by atoms with Crippen molar-refractivity contribution >= 4 is 75.5 Å². The van der Waals surface area contributed by atoms with Gasteiger partial charge in [0.05, 0.1) is 37.3 Å². The molecular weight excluding hydrogens is 442 g/mol. The minimum atomic E-state index is -0.741. The Morgan fingerprint density at radius 1 is 1.08 bits per heavy atom. The molecule has 3 rings (SSSR count). The number of hydrogen-bond acceptors (Lipinski definition) is 4. The molecule has 1 unspecified atom stereocenters. The van der Waals surface area contributed by atoms with Gasteiger partial charge in [-0.15, -0.1) is 11.3 Å². The van der Waals surface area contributed by atoms with Crippen LogP contribution in [-0.2, 0) is 4.79 Å². The Kier molecular flexibility index (Phi) is 5.51. The predicted molar refractivity (Wildman–Crippen MR) is 103 cm³/mol. The first-order valence-corrected chi connectivity index (χ1v) is 9.68. The van der Waals surface area contributed by atoms with Crippen LogP contribution in [0.15, 0.2) is 17.5 Å². The number of nitrogens with one attached hydrogen (secondary N) is 1. The summed E-state index contributed by atoms with van der Waals surface area (Å²) in [5.41, 5.74) is -0.287. The van der Waals surface area contributed by atoms with E-state index < -0.39 is 24.3 Å². The number of benzene rings is 1. The van der Waals surface area contributed by atoms with Crippen LogP contribution in [0.1, 0.15) is 38.6 Å². The van der Waals surface area contributed by atoms with Gasteiger partial charge in [-0.25, -0.2) is 0 Å². The highest BCUT2D eigenvalue weighted by Crippen LogP contribution is 2.44. The van der Waals surface area contributed by atoms with Crippen LogP contribution < -0.4 is 5.32 Å². The van der Waals surface area contributed by atoms with E-state index in [1.165, 1.54) is 11.3 Å². The molecule has 10 heteroatoms. The molecule has 2 heterocycles. The number of imide groups is 1. The molecule has 0 radical (unpaired) electrons. The van der Waals surface area contributed by atoms with Crippen LogP contribution in [0.4, 0.5) is 0 Å². The zero-order valence-corrected chi connectivity index (χ0v) is 16.9. The number of nitrogens with zero attached hydrogens (tertiary/aromatic N) is 1. The molecule has 1 N–H and O–H groups in total. The van der Waals surface area contributed by atoms with Gasteiger partial charge in [0.2, 0.25) is 5.91 Å². The van der Waals surface area contributed by atoms with E-state index in [1.807, 2.05) is 17.5 Å². The van der Waals surface area contributed by atoms with Crippen LogP contribution in [0.3, 0.4) is 0 Å². The van der Waals surface area contributed by atoms with E-state index in [2.05, 4.69) is 5.32 Å². The number of carbonyl (C=O) groups is 3. The van der Waals surface area contributed by atoms with Crippen LogP contribution in [0.5, 0.6) is 0 Å². The van der Waals surface area contributed by atoms with E-state index in [0.29, 0.717) is 0 Å². The Balaban J connectivity index is 1.83. The van der Waals surface area contributed by atoms with Crippen molar-refractivity contribution in [2.24, 2.45) is 0 Å². The highest BCUT2D eigenvalue weighted by molar-refractivity contribution is 7.10. The third-order valence-electron chi connectivity index (χ3n) is 3.83. The van der Waals surface area contributed by atoms with E-state index in [0.717, 1.165) is 9.78 Å². The van der Waals surface area contributed by atoms with Gasteiger partial charge in [-0.2, -0.15) is 0 Å². The van der Waals surface area contributed by atoms with Gasteiger partial charge in [-0.05, 0) is 18.4 Å². The maximum absolute atomic E-state index is 12.6. The molecule has 0 saturated carbocycles. The molecule has 0 spiro atoms. The Bertz CT molecular complexity index is 883. The summed E-state index contributed by atoms with van der Waals surface area (Å²) in [5, 5.41) is 4.07. The van der Waals surface area contributed by atoms with Crippen LogP contribution in [0.2, 0.25) is 20.1 Å². The number of fused-ring (bicyclic) bond motifs is 1. The Hall–Kier alpha value is -1.31. The largest absolute Gasteiger partial charge is 0.347 e. The smallest absolute Gasteiger partial charge is 0.263 e. The van der Waals surface area contributed by atoms with E-state index in [4.69, 9.17) is 46.4 Å². The zero-order valence-electron chi connectivity index (χ0n) is 13.1. The topological polar surface area (TPSA) is 66.5 Å². The fourth-order valence-electron chi connectivity index (χ4n) is 2.58. The molecule has 2 aromatic rings. The maximum Gasteiger partial charge on any atom is 0.263 e. The van der Waals surface area contributed by atoms with Crippen LogP contribution >= 0.6 is 57.7 Å². The van der Waals surface area contributed by atoms with Gasteiger partial charge in [-0.3, -0.25) is 19.3 Å². The van der Waals surface area contributed by atoms with Crippen LogP contribution in [0, 0.1) is 0 Å². The second kappa shape index (κ2) is 7.37. The van der Waals surface area contributed by atoms with Crippen molar-refractivity contribution in [1.82, 2.24) is 10.2 Å². The van der Waals surface area contributed by atoms with Gasteiger partial charge < -0.3 is 5.32 Å². The summed E-state index contributed by atoms with van der Waals surface area (Å²) in [6.07, 6.45) is 0. The molecular formula is C16H10Cl4N2O3S. The lowest BCUT2D eigenvalue weighted by Crippen LogP contribution is -2.41. The molecule has 1 aromatic heterocycles. The normalized spacial score (nSPS) is 14.6. The van der Waals surface area contributed by atoms with E-state index >= 15 is 0 Å². The van der Waals surface area contributed by atoms with E-state index in [-0.39, 0.29) is 37.3 Å². The SMILES string of the molecule is CC(NC(=O)CN1C(=O)c2c(Cl)c(Cl)c(Cl)c(Cl)c2C1=O)c1cccs1. The number of amides is 3. The second-order valence-electron chi connectivity index (χ2n) is 5.51. The van der Waals surface area contributed by atoms with Gasteiger partial charge in [0, 0.05) is 4.88 Å². The van der Waals surface area contributed by atoms with Gasteiger partial charge in [-0.1, -0.05) is 52.5 Å². The molecule has 3 amide bonds. The fourth-order valence-corrected chi connectivity index (χ4v) is 4.33. The number of hydrogen-bond donors (Lipinski definition) is 1. The molecule has 1 aliphatic heterocycles. The first kappa shape index (κ1) is 19.5. The summed E-state index contributed by atoms with van der Waals surface area (Å²) in [4.78, 5) is 39.2. The first-order valence-electron chi connectivity index (χ1n) is 7.29. The molecule has 136 valence electrons. The van der Waals surface area contributed by atoms with Crippen molar-refractivity contribution in [2.45, 2.75) is 13.0 Å². The number of carbonyl (C=O) groups excluding carboxylic acids is 3. The lowest BCUT2D eigenvalue weighted by molar-refractivity contribution is -0.122. The molecule has 1 aliphatic rings. The predicted octanol–water partition coefficient (Wildman–Crippen LogP) is 4.84. The Morgan fingerprint density at radius 2 is 1.62 bits per heavy atom. The van der Waals surface area contributed by atoms with Crippen molar-refractivity contribution in [1.29, 1.82) is 0 Å². The lowest BCUT2D eigenvalue weighted by Gasteiger charge is -2.16. The summed E-state index contributed by atoms with van der Waals surface area (Å²) >= 11 is 25.5. The molecule has 0 aliphatic carbocycles. The quantitative estimate of drug-likeness (QED) is 0.411. The number of rotatable bonds is 4.